The molecule has 4 rings (SSSR count). The molecule has 0 radical (unpaired) electrons. The molecule has 1 heterocycles. The van der Waals surface area contributed by atoms with E-state index in [1.807, 2.05) is 12.1 Å². The Morgan fingerprint density at radius 1 is 1.17 bits per heavy atom. The number of Topliss-reactive ketones (excluding diaryl/α,β-unsaturated/α-hetero) is 1. The van der Waals surface area contributed by atoms with Crippen LogP contribution >= 0.6 is 0 Å². The third kappa shape index (κ3) is 3.48. The molecule has 4 nitrogen and oxygen atoms in total. The number of aliphatic hydroxyl groups is 1. The number of fused-ring (bicyclic) bond motifs is 1. The molecule has 1 saturated carbocycles. The highest BCUT2D eigenvalue weighted by molar-refractivity contribution is 6.00. The minimum atomic E-state index is 0.0320. The van der Waals surface area contributed by atoms with E-state index in [1.165, 1.54) is 16.8 Å². The third-order valence-corrected chi connectivity index (χ3v) is 7.05. The maximum atomic E-state index is 12.4. The zero-order valence-corrected chi connectivity index (χ0v) is 17.6. The first-order chi connectivity index (χ1) is 14.1. The van der Waals surface area contributed by atoms with Crippen molar-refractivity contribution in [3.63, 3.8) is 0 Å². The molecule has 3 unspecified atom stereocenters. The van der Waals surface area contributed by atoms with Crippen molar-refractivity contribution < 1.29 is 19.2 Å². The molecule has 0 bridgehead atoms. The normalized spacial score (nSPS) is 26.7. The summed E-state index contributed by atoms with van der Waals surface area (Å²) in [5.74, 6) is 1.39. The Morgan fingerprint density at radius 2 is 1.93 bits per heavy atom. The summed E-state index contributed by atoms with van der Waals surface area (Å²) in [5.41, 5.74) is 5.37. The number of nitrogens with zero attached hydrogens (tertiary/aromatic N) is 1. The summed E-state index contributed by atoms with van der Waals surface area (Å²) in [6.07, 6.45) is 4.35. The second kappa shape index (κ2) is 8.27. The van der Waals surface area contributed by atoms with Crippen molar-refractivity contribution in [1.82, 2.24) is 0 Å². The van der Waals surface area contributed by atoms with E-state index in [9.17, 15) is 9.90 Å². The zero-order valence-electron chi connectivity index (χ0n) is 17.6. The number of hydrogen-bond donors (Lipinski definition) is 1. The van der Waals surface area contributed by atoms with Crippen molar-refractivity contribution >= 4 is 11.5 Å². The lowest BCUT2D eigenvalue weighted by Crippen LogP contribution is -2.43. The first-order valence-electron chi connectivity index (χ1n) is 11.0. The number of carbonyl (C=O) groups excluding carboxylic acids is 1. The van der Waals surface area contributed by atoms with Gasteiger partial charge in [0.25, 0.3) is 0 Å². The molecule has 1 aromatic rings. The topological polar surface area (TPSA) is 49.5 Å². The molecule has 154 valence electrons. The van der Waals surface area contributed by atoms with E-state index < -0.39 is 0 Å². The van der Waals surface area contributed by atoms with Crippen molar-refractivity contribution in [2.45, 2.75) is 64.6 Å². The number of benzene rings is 1. The van der Waals surface area contributed by atoms with Gasteiger partial charge in [-0.1, -0.05) is 30.8 Å². The highest BCUT2D eigenvalue weighted by atomic mass is 16.5. The fourth-order valence-electron chi connectivity index (χ4n) is 5.56. The molecule has 1 aliphatic heterocycles. The van der Waals surface area contributed by atoms with Gasteiger partial charge in [0.1, 0.15) is 25.0 Å². The van der Waals surface area contributed by atoms with Crippen LogP contribution in [-0.2, 0) is 16.1 Å². The zero-order chi connectivity index (χ0) is 20.5. The van der Waals surface area contributed by atoms with Gasteiger partial charge in [-0.3, -0.25) is 4.79 Å². The van der Waals surface area contributed by atoms with Crippen molar-refractivity contribution in [2.24, 2.45) is 5.92 Å². The van der Waals surface area contributed by atoms with Crippen LogP contribution in [0, 0.1) is 5.92 Å². The molecule has 0 saturated heterocycles. The fraction of sp³-hybridized carbons (Fsp3) is 0.520. The molecule has 0 aromatic heterocycles. The van der Waals surface area contributed by atoms with Gasteiger partial charge in [0.2, 0.25) is 0 Å². The average molecular weight is 395 g/mol. The van der Waals surface area contributed by atoms with E-state index in [2.05, 4.69) is 37.1 Å². The molecule has 1 aromatic carbocycles. The van der Waals surface area contributed by atoms with Gasteiger partial charge in [0.05, 0.1) is 18.6 Å². The molecule has 0 amide bonds. The van der Waals surface area contributed by atoms with E-state index in [4.69, 9.17) is 4.74 Å². The molecule has 29 heavy (non-hydrogen) atoms. The molecule has 0 spiro atoms. The third-order valence-electron chi connectivity index (χ3n) is 7.05. The van der Waals surface area contributed by atoms with Gasteiger partial charge in [0.15, 0.2) is 11.5 Å². The van der Waals surface area contributed by atoms with Gasteiger partial charge in [-0.2, -0.15) is 0 Å². The number of aliphatic hydroxyl groups excluding tert-OH is 1. The van der Waals surface area contributed by atoms with Crippen LogP contribution in [0.1, 0.15) is 63.0 Å². The van der Waals surface area contributed by atoms with E-state index in [0.29, 0.717) is 17.9 Å². The van der Waals surface area contributed by atoms with Crippen LogP contribution in [0.2, 0.25) is 0 Å². The quantitative estimate of drug-likeness (QED) is 0.617. The summed E-state index contributed by atoms with van der Waals surface area (Å²) in [6, 6.07) is 8.20. The van der Waals surface area contributed by atoms with Crippen molar-refractivity contribution in [2.75, 3.05) is 13.1 Å². The van der Waals surface area contributed by atoms with Gasteiger partial charge in [0, 0.05) is 24.7 Å². The lowest BCUT2D eigenvalue weighted by atomic mass is 9.66. The molecule has 4 heteroatoms. The minimum absolute atomic E-state index is 0.0320. The SMILES string of the molecule is C=C1C(=O)CCC2=C1OC1CC(=[N+](CC)CC)CCC1C2c1ccccc1CO. The Hall–Kier alpha value is -2.20. The molecule has 1 fully saturated rings. The van der Waals surface area contributed by atoms with Gasteiger partial charge in [-0.05, 0) is 43.4 Å². The van der Waals surface area contributed by atoms with Crippen LogP contribution in [-0.4, -0.2) is 40.4 Å². The van der Waals surface area contributed by atoms with E-state index in [0.717, 1.165) is 50.1 Å². The van der Waals surface area contributed by atoms with E-state index in [-0.39, 0.29) is 24.4 Å². The van der Waals surface area contributed by atoms with E-state index >= 15 is 0 Å². The monoisotopic (exact) mass is 394 g/mol. The Labute approximate surface area is 173 Å². The first kappa shape index (κ1) is 20.1. The molecule has 3 aliphatic rings. The second-order valence-corrected chi connectivity index (χ2v) is 8.39. The molecule has 2 aliphatic carbocycles. The second-order valence-electron chi connectivity index (χ2n) is 8.39. The smallest absolute Gasteiger partial charge is 0.166 e. The Balaban J connectivity index is 1.81. The Kier molecular flexibility index (Phi) is 5.73. The number of allylic oxidation sites excluding steroid dienone is 2. The lowest BCUT2D eigenvalue weighted by molar-refractivity contribution is -0.523. The van der Waals surface area contributed by atoms with Crippen LogP contribution in [0.4, 0.5) is 0 Å². The number of rotatable bonds is 4. The van der Waals surface area contributed by atoms with Gasteiger partial charge >= 0.3 is 0 Å². The van der Waals surface area contributed by atoms with Crippen LogP contribution < -0.4 is 0 Å². The van der Waals surface area contributed by atoms with Crippen LogP contribution in [0.25, 0.3) is 0 Å². The minimum Gasteiger partial charge on any atom is -0.489 e. The maximum absolute atomic E-state index is 12.4. The molecule has 3 atom stereocenters. The van der Waals surface area contributed by atoms with Crippen LogP contribution in [0.5, 0.6) is 0 Å². The maximum Gasteiger partial charge on any atom is 0.166 e. The standard InChI is InChI=1S/C25H32NO3/c1-4-26(5-2)18-10-11-20-23(14-18)29-25-16(3)22(28)13-12-21(25)24(20)19-9-7-6-8-17(19)15-27/h6-9,20,23-24,27H,3-5,10-15H2,1-2H3/q+1. The first-order valence-corrected chi connectivity index (χ1v) is 11.0. The highest BCUT2D eigenvalue weighted by Gasteiger charge is 2.47. The largest absolute Gasteiger partial charge is 0.489 e. The summed E-state index contributed by atoms with van der Waals surface area (Å²) in [7, 11) is 0. The average Bonchev–Trinajstić information content (AvgIpc) is 2.76. The number of ketones is 1. The number of carbonyl (C=O) groups is 1. The fourth-order valence-corrected chi connectivity index (χ4v) is 5.56. The summed E-state index contributed by atoms with van der Waals surface area (Å²) in [6.45, 7) is 10.5. The Bertz CT molecular complexity index is 889. The van der Waals surface area contributed by atoms with Crippen molar-refractivity contribution in [1.29, 1.82) is 0 Å². The van der Waals surface area contributed by atoms with Gasteiger partial charge < -0.3 is 9.84 Å². The highest BCUT2D eigenvalue weighted by Crippen LogP contribution is 2.51. The summed E-state index contributed by atoms with van der Waals surface area (Å²) in [5, 5.41) is 9.98. The summed E-state index contributed by atoms with van der Waals surface area (Å²) >= 11 is 0. The van der Waals surface area contributed by atoms with Crippen molar-refractivity contribution in [3.05, 3.63) is 58.9 Å². The summed E-state index contributed by atoms with van der Waals surface area (Å²) in [4.78, 5) is 12.4. The number of hydrogen-bond acceptors (Lipinski definition) is 3. The Morgan fingerprint density at radius 3 is 2.66 bits per heavy atom. The lowest BCUT2D eigenvalue weighted by Gasteiger charge is -2.45. The van der Waals surface area contributed by atoms with E-state index in [1.54, 1.807) is 0 Å². The van der Waals surface area contributed by atoms with Crippen LogP contribution in [0.3, 0.4) is 0 Å². The predicted molar refractivity (Wildman–Crippen MR) is 114 cm³/mol. The predicted octanol–water partition coefficient (Wildman–Crippen LogP) is 4.13. The summed E-state index contributed by atoms with van der Waals surface area (Å²) < 4.78 is 8.97. The van der Waals surface area contributed by atoms with Gasteiger partial charge in [-0.15, -0.1) is 0 Å². The molecular weight excluding hydrogens is 362 g/mol. The van der Waals surface area contributed by atoms with Crippen molar-refractivity contribution in [3.8, 4) is 0 Å². The van der Waals surface area contributed by atoms with Gasteiger partial charge in [-0.25, -0.2) is 4.58 Å². The number of ether oxygens (including phenoxy) is 1. The van der Waals surface area contributed by atoms with Crippen LogP contribution in [0.15, 0.2) is 47.7 Å². The molecular formula is C25H32NO3+. The molecule has 1 N–H and O–H groups in total.